The van der Waals surface area contributed by atoms with Gasteiger partial charge in [0.05, 0.1) is 11.6 Å². The lowest BCUT2D eigenvalue weighted by Gasteiger charge is -2.39. The molecule has 2 N–H and O–H groups in total. The molecule has 202 valence electrons. The van der Waals surface area contributed by atoms with Gasteiger partial charge >= 0.3 is 0 Å². The first kappa shape index (κ1) is 27.9. The summed E-state index contributed by atoms with van der Waals surface area (Å²) in [5, 5.41) is 21.9. The molecule has 4 unspecified atom stereocenters. The van der Waals surface area contributed by atoms with Gasteiger partial charge in [0, 0.05) is 18.0 Å². The van der Waals surface area contributed by atoms with Crippen LogP contribution < -0.4 is 0 Å². The molecule has 4 nitrogen and oxygen atoms in total. The summed E-state index contributed by atoms with van der Waals surface area (Å²) >= 11 is 0. The number of aromatic hydroxyl groups is 1. The van der Waals surface area contributed by atoms with Crippen molar-refractivity contribution in [3.63, 3.8) is 0 Å². The maximum absolute atomic E-state index is 13.6. The third-order valence-electron chi connectivity index (χ3n) is 8.84. The van der Waals surface area contributed by atoms with Gasteiger partial charge in [0.2, 0.25) is 0 Å². The highest BCUT2D eigenvalue weighted by Crippen LogP contribution is 2.39. The first-order valence-corrected chi connectivity index (χ1v) is 14.8. The second kappa shape index (κ2) is 13.6. The van der Waals surface area contributed by atoms with Crippen molar-refractivity contribution in [1.82, 2.24) is 4.90 Å². The molecule has 2 bridgehead atoms. The Balaban J connectivity index is 1.60. The molecule has 1 aliphatic heterocycles. The van der Waals surface area contributed by atoms with Gasteiger partial charge in [-0.1, -0.05) is 81.7 Å². The molecular weight excluding hydrogens is 458 g/mol. The van der Waals surface area contributed by atoms with Crippen molar-refractivity contribution in [2.75, 3.05) is 6.54 Å². The fourth-order valence-corrected chi connectivity index (χ4v) is 6.84. The molecule has 2 aromatic rings. The summed E-state index contributed by atoms with van der Waals surface area (Å²) in [5.41, 5.74) is 1.08. The maximum atomic E-state index is 13.6. The van der Waals surface area contributed by atoms with E-state index in [-0.39, 0.29) is 23.6 Å². The quantitative estimate of drug-likeness (QED) is 0.418. The van der Waals surface area contributed by atoms with Gasteiger partial charge < -0.3 is 10.2 Å². The molecule has 1 saturated carbocycles. The van der Waals surface area contributed by atoms with Crippen molar-refractivity contribution in [2.24, 2.45) is 5.92 Å². The fraction of sp³-hybridized carbons (Fsp3) is 0.606. The Labute approximate surface area is 224 Å². The van der Waals surface area contributed by atoms with Crippen LogP contribution in [-0.2, 0) is 6.42 Å². The number of Topliss-reactive ketones (excluding diaryl/α,β-unsaturated/α-hetero) is 1. The first-order valence-electron chi connectivity index (χ1n) is 14.8. The number of phenols is 1. The average Bonchev–Trinajstić information content (AvgIpc) is 3.05. The molecule has 2 aliphatic rings. The number of carbonyl (C=O) groups is 1. The molecule has 2 fully saturated rings. The lowest BCUT2D eigenvalue weighted by molar-refractivity contribution is -0.0114. The Morgan fingerprint density at radius 1 is 0.865 bits per heavy atom. The van der Waals surface area contributed by atoms with E-state index in [4.69, 9.17) is 0 Å². The third-order valence-corrected chi connectivity index (χ3v) is 8.84. The molecule has 0 aromatic heterocycles. The van der Waals surface area contributed by atoms with Gasteiger partial charge in [-0.05, 0) is 81.3 Å². The first-order chi connectivity index (χ1) is 17.9. The number of ketones is 1. The van der Waals surface area contributed by atoms with Gasteiger partial charge in [-0.15, -0.1) is 0 Å². The van der Waals surface area contributed by atoms with Crippen molar-refractivity contribution in [1.29, 1.82) is 0 Å². The minimum atomic E-state index is -0.760. The van der Waals surface area contributed by atoms with Gasteiger partial charge in [-0.2, -0.15) is 0 Å². The third kappa shape index (κ3) is 8.15. The summed E-state index contributed by atoms with van der Waals surface area (Å²) < 4.78 is 0. The monoisotopic (exact) mass is 505 g/mol. The van der Waals surface area contributed by atoms with Crippen LogP contribution in [0.4, 0.5) is 0 Å². The predicted molar refractivity (Wildman–Crippen MR) is 151 cm³/mol. The minimum absolute atomic E-state index is 0.102. The van der Waals surface area contributed by atoms with Crippen LogP contribution in [0.1, 0.15) is 106 Å². The van der Waals surface area contributed by atoms with E-state index in [9.17, 15) is 15.0 Å². The van der Waals surface area contributed by atoms with Gasteiger partial charge in [0.1, 0.15) is 5.75 Å². The summed E-state index contributed by atoms with van der Waals surface area (Å²) in [6.07, 6.45) is 15.7. The molecular formula is C33H47NO3. The summed E-state index contributed by atoms with van der Waals surface area (Å²) in [6.45, 7) is 2.93. The van der Waals surface area contributed by atoms with E-state index in [0.29, 0.717) is 24.3 Å². The van der Waals surface area contributed by atoms with E-state index < -0.39 is 5.60 Å². The SMILES string of the molecule is CC(C(=O)c1ccc(O)cc1)N1CCCCCCCCCCC2CCC1CC(O)(Cc1ccccc1)C2. The predicted octanol–water partition coefficient (Wildman–Crippen LogP) is 7.32. The molecule has 0 radical (unpaired) electrons. The number of carbonyl (C=O) groups excluding carboxylic acids is 1. The standard InChI is InChI=1S/C33H47NO3/c1-26(32(36)29-17-20-31(35)21-18-29)34-22-12-7-5-3-2-4-6-9-15-28-16-19-30(34)25-33(37,24-28)23-27-13-10-8-11-14-27/h8,10-11,13-14,17-18,20-21,26,28,30,35,37H,2-7,9,12,15-16,19,22-25H2,1H3. The number of hydrogen-bond acceptors (Lipinski definition) is 4. The highest BCUT2D eigenvalue weighted by atomic mass is 16.3. The Hall–Kier alpha value is -2.17. The van der Waals surface area contributed by atoms with Crippen LogP contribution in [0, 0.1) is 5.92 Å². The Morgan fingerprint density at radius 2 is 1.51 bits per heavy atom. The fourth-order valence-electron chi connectivity index (χ4n) is 6.84. The van der Waals surface area contributed by atoms with Crippen LogP contribution in [0.5, 0.6) is 5.75 Å². The van der Waals surface area contributed by atoms with Crippen molar-refractivity contribution < 1.29 is 15.0 Å². The van der Waals surface area contributed by atoms with Gasteiger partial charge in [0.15, 0.2) is 5.78 Å². The zero-order chi connectivity index (χ0) is 26.1. The van der Waals surface area contributed by atoms with Crippen molar-refractivity contribution in [2.45, 2.75) is 114 Å². The van der Waals surface area contributed by atoms with E-state index >= 15 is 0 Å². The number of aliphatic hydroxyl groups is 1. The summed E-state index contributed by atoms with van der Waals surface area (Å²) in [4.78, 5) is 16.0. The van der Waals surface area contributed by atoms with Gasteiger partial charge in [-0.3, -0.25) is 9.69 Å². The lowest BCUT2D eigenvalue weighted by Crippen LogP contribution is -2.49. The van der Waals surface area contributed by atoms with Crippen molar-refractivity contribution >= 4 is 5.78 Å². The van der Waals surface area contributed by atoms with Crippen molar-refractivity contribution in [3.05, 3.63) is 65.7 Å². The van der Waals surface area contributed by atoms with Crippen LogP contribution in [0.15, 0.2) is 54.6 Å². The van der Waals surface area contributed by atoms with Gasteiger partial charge in [-0.25, -0.2) is 0 Å². The number of nitrogens with zero attached hydrogens (tertiary/aromatic N) is 1. The molecule has 0 amide bonds. The molecule has 1 heterocycles. The zero-order valence-electron chi connectivity index (χ0n) is 22.8. The average molecular weight is 506 g/mol. The molecule has 4 rings (SSSR count). The highest BCUT2D eigenvalue weighted by Gasteiger charge is 2.40. The van der Waals surface area contributed by atoms with Crippen LogP contribution >= 0.6 is 0 Å². The highest BCUT2D eigenvalue weighted by molar-refractivity contribution is 6.00. The Bertz CT molecular complexity index is 959. The zero-order valence-corrected chi connectivity index (χ0v) is 22.8. The van der Waals surface area contributed by atoms with Crippen molar-refractivity contribution in [3.8, 4) is 5.75 Å². The van der Waals surface area contributed by atoms with E-state index in [1.54, 1.807) is 24.3 Å². The summed E-state index contributed by atoms with van der Waals surface area (Å²) in [5.74, 6) is 0.818. The molecule has 37 heavy (non-hydrogen) atoms. The van der Waals surface area contributed by atoms with Crippen LogP contribution in [0.3, 0.4) is 0 Å². The molecule has 0 spiro atoms. The second-order valence-corrected chi connectivity index (χ2v) is 11.8. The Morgan fingerprint density at radius 3 is 2.22 bits per heavy atom. The number of fused-ring (bicyclic) bond motifs is 3. The van der Waals surface area contributed by atoms with Crippen LogP contribution in [0.2, 0.25) is 0 Å². The summed E-state index contributed by atoms with van der Waals surface area (Å²) in [6, 6.07) is 17.0. The lowest BCUT2D eigenvalue weighted by atomic mass is 9.81. The largest absolute Gasteiger partial charge is 0.508 e. The number of phenolic OH excluding ortho intramolecular Hbond substituents is 1. The number of hydrogen-bond donors (Lipinski definition) is 2. The van der Waals surface area contributed by atoms with Crippen LogP contribution in [-0.4, -0.2) is 45.1 Å². The molecule has 4 atom stereocenters. The molecule has 2 aromatic carbocycles. The van der Waals surface area contributed by atoms with E-state index in [2.05, 4.69) is 29.2 Å². The summed E-state index contributed by atoms with van der Waals surface area (Å²) in [7, 11) is 0. The number of rotatable bonds is 5. The molecule has 4 heteroatoms. The van der Waals surface area contributed by atoms with E-state index in [0.717, 1.165) is 32.2 Å². The number of benzene rings is 2. The van der Waals surface area contributed by atoms with E-state index in [1.807, 2.05) is 13.0 Å². The van der Waals surface area contributed by atoms with Gasteiger partial charge in [0.25, 0.3) is 0 Å². The second-order valence-electron chi connectivity index (χ2n) is 11.8. The smallest absolute Gasteiger partial charge is 0.179 e. The van der Waals surface area contributed by atoms with Crippen LogP contribution in [0.25, 0.3) is 0 Å². The normalized spacial score (nSPS) is 27.5. The van der Waals surface area contributed by atoms with E-state index in [1.165, 1.54) is 56.9 Å². The maximum Gasteiger partial charge on any atom is 0.179 e. The Kier molecular flexibility index (Phi) is 10.2. The molecule has 1 aliphatic carbocycles. The topological polar surface area (TPSA) is 60.8 Å². The minimum Gasteiger partial charge on any atom is -0.508 e. The molecule has 1 saturated heterocycles.